The number of nitrogens with zero attached hydrogens (tertiary/aromatic N) is 3. The zero-order valence-electron chi connectivity index (χ0n) is 13.6. The van der Waals surface area contributed by atoms with E-state index in [-0.39, 0.29) is 17.8 Å². The van der Waals surface area contributed by atoms with Crippen LogP contribution in [0, 0.1) is 12.7 Å². The normalized spacial score (nSPS) is 14.3. The molecular formula is C18H18FN3OS. The predicted molar refractivity (Wildman–Crippen MR) is 92.6 cm³/mol. The van der Waals surface area contributed by atoms with E-state index in [0.717, 1.165) is 28.8 Å². The lowest BCUT2D eigenvalue weighted by Gasteiger charge is -2.22. The van der Waals surface area contributed by atoms with Crippen molar-refractivity contribution in [3.8, 4) is 0 Å². The van der Waals surface area contributed by atoms with Crippen molar-refractivity contribution in [3.63, 3.8) is 0 Å². The minimum Gasteiger partial charge on any atom is -0.331 e. The van der Waals surface area contributed by atoms with Gasteiger partial charge in [0.25, 0.3) is 5.91 Å². The van der Waals surface area contributed by atoms with Gasteiger partial charge in [0.1, 0.15) is 10.6 Å². The molecule has 0 spiro atoms. The Morgan fingerprint density at radius 2 is 2.17 bits per heavy atom. The van der Waals surface area contributed by atoms with Crippen molar-refractivity contribution in [2.75, 3.05) is 0 Å². The number of aryl methyl sites for hydroxylation is 2. The maximum Gasteiger partial charge on any atom is 0.264 e. The Balaban J connectivity index is 1.66. The summed E-state index contributed by atoms with van der Waals surface area (Å²) in [5, 5.41) is 5.40. The summed E-state index contributed by atoms with van der Waals surface area (Å²) in [7, 11) is 1.89. The third-order valence-electron chi connectivity index (χ3n) is 4.45. The second-order valence-electron chi connectivity index (χ2n) is 6.29. The van der Waals surface area contributed by atoms with Gasteiger partial charge in [-0.25, -0.2) is 4.39 Å². The standard InChI is InChI=1S/C18H18FN3OS/c1-11-14-9-16(24-18(14)21(2)20-11)17(23)22(13-7-8-13)10-12-5-3-4-6-15(12)19/h3-6,9,13H,7-8,10H2,1-2H3. The quantitative estimate of drug-likeness (QED) is 0.721. The van der Waals surface area contributed by atoms with Crippen LogP contribution in [0.1, 0.15) is 33.8 Å². The van der Waals surface area contributed by atoms with E-state index in [1.165, 1.54) is 17.4 Å². The van der Waals surface area contributed by atoms with Gasteiger partial charge >= 0.3 is 0 Å². The highest BCUT2D eigenvalue weighted by molar-refractivity contribution is 7.20. The molecule has 1 aliphatic rings. The average Bonchev–Trinajstić information content (AvgIpc) is 3.23. The Labute approximate surface area is 143 Å². The highest BCUT2D eigenvalue weighted by atomic mass is 32.1. The van der Waals surface area contributed by atoms with Crippen molar-refractivity contribution in [2.45, 2.75) is 32.4 Å². The summed E-state index contributed by atoms with van der Waals surface area (Å²) >= 11 is 1.46. The molecule has 2 heterocycles. The average molecular weight is 343 g/mol. The van der Waals surface area contributed by atoms with Gasteiger partial charge in [0.15, 0.2) is 0 Å². The first kappa shape index (κ1) is 15.3. The van der Waals surface area contributed by atoms with E-state index >= 15 is 0 Å². The van der Waals surface area contributed by atoms with Crippen molar-refractivity contribution in [3.05, 3.63) is 52.3 Å². The van der Waals surface area contributed by atoms with E-state index in [0.29, 0.717) is 17.0 Å². The Morgan fingerprint density at radius 3 is 2.83 bits per heavy atom. The fourth-order valence-electron chi connectivity index (χ4n) is 3.02. The van der Waals surface area contributed by atoms with Crippen molar-refractivity contribution in [1.29, 1.82) is 0 Å². The van der Waals surface area contributed by atoms with Gasteiger partial charge in [-0.2, -0.15) is 5.10 Å². The van der Waals surface area contributed by atoms with Crippen LogP contribution in [-0.2, 0) is 13.6 Å². The number of amides is 1. The summed E-state index contributed by atoms with van der Waals surface area (Å²) in [6, 6.07) is 8.81. The second-order valence-corrected chi connectivity index (χ2v) is 7.32. The first-order valence-corrected chi connectivity index (χ1v) is 8.84. The molecule has 0 saturated heterocycles. The van der Waals surface area contributed by atoms with Gasteiger partial charge in [-0.1, -0.05) is 18.2 Å². The molecule has 4 nitrogen and oxygen atoms in total. The van der Waals surface area contributed by atoms with Gasteiger partial charge in [-0.15, -0.1) is 11.3 Å². The molecule has 1 aliphatic carbocycles. The van der Waals surface area contributed by atoms with Crippen molar-refractivity contribution >= 4 is 27.5 Å². The summed E-state index contributed by atoms with van der Waals surface area (Å²) in [4.78, 5) is 16.5. The Bertz CT molecular complexity index is 891. The summed E-state index contributed by atoms with van der Waals surface area (Å²) in [6.07, 6.45) is 1.98. The fraction of sp³-hybridized carbons (Fsp3) is 0.333. The van der Waals surface area contributed by atoms with E-state index < -0.39 is 0 Å². The van der Waals surface area contributed by atoms with Gasteiger partial charge in [-0.05, 0) is 31.9 Å². The molecular weight excluding hydrogens is 325 g/mol. The van der Waals surface area contributed by atoms with Gasteiger partial charge in [0, 0.05) is 30.6 Å². The molecule has 0 radical (unpaired) electrons. The van der Waals surface area contributed by atoms with E-state index in [9.17, 15) is 9.18 Å². The largest absolute Gasteiger partial charge is 0.331 e. The Morgan fingerprint density at radius 1 is 1.42 bits per heavy atom. The number of halogens is 1. The van der Waals surface area contributed by atoms with Crippen LogP contribution in [0.25, 0.3) is 10.2 Å². The third kappa shape index (κ3) is 2.60. The van der Waals surface area contributed by atoms with Crippen LogP contribution in [0.15, 0.2) is 30.3 Å². The highest BCUT2D eigenvalue weighted by Crippen LogP contribution is 2.34. The molecule has 0 unspecified atom stereocenters. The van der Waals surface area contributed by atoms with E-state index in [4.69, 9.17) is 0 Å². The zero-order chi connectivity index (χ0) is 16.8. The van der Waals surface area contributed by atoms with Crippen molar-refractivity contribution in [2.24, 2.45) is 7.05 Å². The van der Waals surface area contributed by atoms with Gasteiger partial charge in [0.05, 0.1) is 10.6 Å². The van der Waals surface area contributed by atoms with Crippen LogP contribution < -0.4 is 0 Å². The smallest absolute Gasteiger partial charge is 0.264 e. The van der Waals surface area contributed by atoms with Crippen LogP contribution >= 0.6 is 11.3 Å². The lowest BCUT2D eigenvalue weighted by Crippen LogP contribution is -2.32. The number of benzene rings is 1. The molecule has 4 rings (SSSR count). The summed E-state index contributed by atoms with van der Waals surface area (Å²) in [6.45, 7) is 2.27. The molecule has 1 saturated carbocycles. The predicted octanol–water partition coefficient (Wildman–Crippen LogP) is 3.89. The topological polar surface area (TPSA) is 38.1 Å². The maximum absolute atomic E-state index is 14.0. The molecule has 24 heavy (non-hydrogen) atoms. The molecule has 1 fully saturated rings. The molecule has 0 atom stereocenters. The third-order valence-corrected chi connectivity index (χ3v) is 5.64. The van der Waals surface area contributed by atoms with Gasteiger partial charge in [0.2, 0.25) is 0 Å². The molecule has 6 heteroatoms. The second kappa shape index (κ2) is 5.70. The zero-order valence-corrected chi connectivity index (χ0v) is 14.4. The number of rotatable bonds is 4. The molecule has 124 valence electrons. The van der Waals surface area contributed by atoms with Crippen LogP contribution in [0.3, 0.4) is 0 Å². The molecule has 0 bridgehead atoms. The minimum absolute atomic E-state index is 0.0126. The summed E-state index contributed by atoms with van der Waals surface area (Å²) in [5.74, 6) is -0.270. The maximum atomic E-state index is 14.0. The number of carbonyl (C=O) groups is 1. The monoisotopic (exact) mass is 343 g/mol. The molecule has 0 aliphatic heterocycles. The number of thiophene rings is 1. The lowest BCUT2D eigenvalue weighted by molar-refractivity contribution is 0.0733. The van der Waals surface area contributed by atoms with E-state index in [1.807, 2.05) is 35.7 Å². The fourth-order valence-corrected chi connectivity index (χ4v) is 4.09. The Hall–Kier alpha value is -2.21. The molecule has 0 N–H and O–H groups in total. The van der Waals surface area contributed by atoms with Crippen LogP contribution in [0.2, 0.25) is 0 Å². The summed E-state index contributed by atoms with van der Waals surface area (Å²) in [5.41, 5.74) is 1.49. The SMILES string of the molecule is Cc1nn(C)c2sc(C(=O)N(Cc3ccccc3F)C3CC3)cc12. The molecule has 1 amide bonds. The number of fused-ring (bicyclic) bond motifs is 1. The van der Waals surface area contributed by atoms with Crippen molar-refractivity contribution < 1.29 is 9.18 Å². The molecule has 3 aromatic rings. The van der Waals surface area contributed by atoms with E-state index in [2.05, 4.69) is 5.10 Å². The minimum atomic E-state index is -0.257. The van der Waals surface area contributed by atoms with Crippen molar-refractivity contribution in [1.82, 2.24) is 14.7 Å². The van der Waals surface area contributed by atoms with Gasteiger partial charge in [-0.3, -0.25) is 9.48 Å². The Kier molecular flexibility index (Phi) is 3.64. The van der Waals surface area contributed by atoms with Crippen LogP contribution in [0.4, 0.5) is 4.39 Å². The number of carbonyl (C=O) groups excluding carboxylic acids is 1. The number of hydrogen-bond acceptors (Lipinski definition) is 3. The van der Waals surface area contributed by atoms with Crippen LogP contribution in [0.5, 0.6) is 0 Å². The van der Waals surface area contributed by atoms with E-state index in [1.54, 1.807) is 12.1 Å². The van der Waals surface area contributed by atoms with Gasteiger partial charge < -0.3 is 4.90 Å². The number of aromatic nitrogens is 2. The van der Waals surface area contributed by atoms with Crippen LogP contribution in [-0.4, -0.2) is 26.6 Å². The highest BCUT2D eigenvalue weighted by Gasteiger charge is 2.34. The first-order valence-electron chi connectivity index (χ1n) is 8.02. The molecule has 1 aromatic carbocycles. The number of hydrogen-bond donors (Lipinski definition) is 0. The summed E-state index contributed by atoms with van der Waals surface area (Å²) < 4.78 is 15.8. The lowest BCUT2D eigenvalue weighted by atomic mass is 10.2. The molecule has 2 aromatic heterocycles. The first-order chi connectivity index (χ1) is 11.5.